The van der Waals surface area contributed by atoms with E-state index in [0.717, 1.165) is 34.1 Å². The van der Waals surface area contributed by atoms with Crippen LogP contribution in [0.25, 0.3) is 30.0 Å². The zero-order valence-electron chi connectivity index (χ0n) is 14.0. The summed E-state index contributed by atoms with van der Waals surface area (Å²) in [6, 6.07) is 4.07. The zero-order chi connectivity index (χ0) is 17.3. The first-order valence-electron chi connectivity index (χ1n) is 7.88. The fraction of sp³-hybridized carbons (Fsp3) is 0.211. The number of pyridine rings is 2. The Bertz CT molecular complexity index is 954. The average molecular weight is 319 g/mol. The second-order valence-corrected chi connectivity index (χ2v) is 6.29. The van der Waals surface area contributed by atoms with Crippen molar-refractivity contribution in [2.75, 3.05) is 5.73 Å². The van der Waals surface area contributed by atoms with Crippen molar-refractivity contribution in [3.63, 3.8) is 0 Å². The number of nitrogen functional groups attached to an aromatic ring is 1. The molecule has 0 saturated heterocycles. The van der Waals surface area contributed by atoms with Crippen molar-refractivity contribution in [2.45, 2.75) is 20.3 Å². The highest BCUT2D eigenvalue weighted by molar-refractivity contribution is 5.64. The van der Waals surface area contributed by atoms with Gasteiger partial charge in [-0.25, -0.2) is 9.67 Å². The van der Waals surface area contributed by atoms with Crippen LogP contribution in [0.1, 0.15) is 19.5 Å². The van der Waals surface area contributed by atoms with Crippen LogP contribution in [0.3, 0.4) is 0 Å². The summed E-state index contributed by atoms with van der Waals surface area (Å²) in [6.07, 6.45) is 8.23. The summed E-state index contributed by atoms with van der Waals surface area (Å²) in [7, 11) is 0. The Morgan fingerprint density at radius 2 is 1.88 bits per heavy atom. The standard InChI is InChI=1S/C19H21N5/c1-12(2)7-16-5-6-17(9-21-16)24-11-15(8-23-24)18-10-22-19(20)14(4)13(18)3/h5-6,8-12H,3-4,7H2,1-2H3,(H2,20,22). The second-order valence-electron chi connectivity index (χ2n) is 6.29. The van der Waals surface area contributed by atoms with Crippen molar-refractivity contribution in [2.24, 2.45) is 5.92 Å². The third-order valence-corrected chi connectivity index (χ3v) is 3.92. The van der Waals surface area contributed by atoms with Crippen LogP contribution in [0, 0.1) is 5.92 Å². The highest BCUT2D eigenvalue weighted by Gasteiger charge is 2.07. The normalized spacial score (nSPS) is 11.1. The van der Waals surface area contributed by atoms with Crippen molar-refractivity contribution >= 4 is 19.0 Å². The molecule has 3 rings (SSSR count). The molecule has 0 saturated carbocycles. The van der Waals surface area contributed by atoms with Crippen molar-refractivity contribution in [3.05, 3.63) is 53.1 Å². The topological polar surface area (TPSA) is 69.6 Å². The van der Waals surface area contributed by atoms with Gasteiger partial charge in [-0.05, 0) is 29.7 Å². The molecule has 0 spiro atoms. The Kier molecular flexibility index (Phi) is 4.16. The highest BCUT2D eigenvalue weighted by atomic mass is 15.3. The minimum atomic E-state index is 0.404. The van der Waals surface area contributed by atoms with Crippen molar-refractivity contribution < 1.29 is 0 Å². The molecule has 0 atom stereocenters. The number of nitrogens with two attached hydrogens (primary N) is 1. The van der Waals surface area contributed by atoms with Gasteiger partial charge in [-0.15, -0.1) is 0 Å². The SMILES string of the molecule is C=c1c(-c2cnn(-c3ccc(CC(C)C)nc3)c2)cnc(N)c1=C. The van der Waals surface area contributed by atoms with Gasteiger partial charge >= 0.3 is 0 Å². The third-order valence-electron chi connectivity index (χ3n) is 3.92. The second kappa shape index (κ2) is 6.28. The Morgan fingerprint density at radius 1 is 1.08 bits per heavy atom. The Balaban J connectivity index is 1.93. The van der Waals surface area contributed by atoms with Gasteiger partial charge in [0, 0.05) is 34.4 Å². The lowest BCUT2D eigenvalue weighted by Crippen LogP contribution is -2.28. The quantitative estimate of drug-likeness (QED) is 0.798. The molecule has 122 valence electrons. The van der Waals surface area contributed by atoms with Crippen molar-refractivity contribution in [3.8, 4) is 16.8 Å². The highest BCUT2D eigenvalue weighted by Crippen LogP contribution is 2.16. The zero-order valence-corrected chi connectivity index (χ0v) is 14.0. The first kappa shape index (κ1) is 15.9. The fourth-order valence-corrected chi connectivity index (χ4v) is 2.55. The fourth-order valence-electron chi connectivity index (χ4n) is 2.55. The molecule has 0 bridgehead atoms. The van der Waals surface area contributed by atoms with E-state index in [0.29, 0.717) is 17.0 Å². The smallest absolute Gasteiger partial charge is 0.130 e. The summed E-state index contributed by atoms with van der Waals surface area (Å²) >= 11 is 0. The number of hydrogen-bond donors (Lipinski definition) is 1. The molecule has 3 aromatic heterocycles. The van der Waals surface area contributed by atoms with Crippen LogP contribution >= 0.6 is 0 Å². The van der Waals surface area contributed by atoms with E-state index in [2.05, 4.69) is 42.1 Å². The molecule has 0 aliphatic heterocycles. The van der Waals surface area contributed by atoms with Gasteiger partial charge in [-0.2, -0.15) is 5.10 Å². The molecule has 3 heterocycles. The van der Waals surface area contributed by atoms with E-state index >= 15 is 0 Å². The summed E-state index contributed by atoms with van der Waals surface area (Å²) < 4.78 is 1.79. The molecule has 3 aromatic rings. The van der Waals surface area contributed by atoms with E-state index in [-0.39, 0.29) is 0 Å². The van der Waals surface area contributed by atoms with E-state index in [1.54, 1.807) is 17.1 Å². The first-order valence-corrected chi connectivity index (χ1v) is 7.88. The minimum absolute atomic E-state index is 0.404. The van der Waals surface area contributed by atoms with Crippen molar-refractivity contribution in [1.29, 1.82) is 0 Å². The lowest BCUT2D eigenvalue weighted by atomic mass is 10.1. The molecule has 0 unspecified atom stereocenters. The van der Waals surface area contributed by atoms with Crippen LogP contribution in [0.4, 0.5) is 5.82 Å². The molecular weight excluding hydrogens is 298 g/mol. The van der Waals surface area contributed by atoms with E-state index in [1.165, 1.54) is 0 Å². The van der Waals surface area contributed by atoms with Crippen LogP contribution in [0.5, 0.6) is 0 Å². The van der Waals surface area contributed by atoms with Gasteiger partial charge < -0.3 is 5.73 Å². The van der Waals surface area contributed by atoms with Gasteiger partial charge in [0.1, 0.15) is 5.82 Å². The predicted octanol–water partition coefficient (Wildman–Crippen LogP) is 1.93. The lowest BCUT2D eigenvalue weighted by Gasteiger charge is -2.05. The molecular formula is C19H21N5. The summed E-state index contributed by atoms with van der Waals surface area (Å²) in [6.45, 7) is 12.3. The third kappa shape index (κ3) is 3.06. The molecule has 0 aliphatic rings. The van der Waals surface area contributed by atoms with Gasteiger partial charge in [0.25, 0.3) is 0 Å². The number of anilines is 1. The van der Waals surface area contributed by atoms with Gasteiger partial charge in [-0.1, -0.05) is 27.0 Å². The summed E-state index contributed by atoms with van der Waals surface area (Å²) in [4.78, 5) is 8.67. The Labute approximate surface area is 141 Å². The maximum absolute atomic E-state index is 5.77. The van der Waals surface area contributed by atoms with E-state index in [9.17, 15) is 0 Å². The summed E-state index contributed by atoms with van der Waals surface area (Å²) in [5, 5.41) is 5.84. The van der Waals surface area contributed by atoms with Gasteiger partial charge in [-0.3, -0.25) is 4.98 Å². The first-order chi connectivity index (χ1) is 11.5. The molecule has 5 nitrogen and oxygen atoms in total. The number of aromatic nitrogens is 4. The lowest BCUT2D eigenvalue weighted by molar-refractivity contribution is 0.635. The van der Waals surface area contributed by atoms with Gasteiger partial charge in [0.2, 0.25) is 0 Å². The predicted molar refractivity (Wildman–Crippen MR) is 97.8 cm³/mol. The Morgan fingerprint density at radius 3 is 2.54 bits per heavy atom. The van der Waals surface area contributed by atoms with E-state index in [4.69, 9.17) is 5.73 Å². The monoisotopic (exact) mass is 319 g/mol. The van der Waals surface area contributed by atoms with Crippen LogP contribution in [0.15, 0.2) is 36.9 Å². The maximum atomic E-state index is 5.77. The summed E-state index contributed by atoms with van der Waals surface area (Å²) in [5.41, 5.74) is 9.57. The van der Waals surface area contributed by atoms with Crippen LogP contribution in [-0.4, -0.2) is 19.7 Å². The number of rotatable bonds is 4. The molecule has 0 aromatic carbocycles. The Hall–Kier alpha value is -2.95. The molecule has 5 heteroatoms. The van der Waals surface area contributed by atoms with Gasteiger partial charge in [0.05, 0.1) is 18.1 Å². The average Bonchev–Trinajstić information content (AvgIpc) is 3.02. The van der Waals surface area contributed by atoms with Crippen molar-refractivity contribution in [1.82, 2.24) is 19.7 Å². The largest absolute Gasteiger partial charge is 0.383 e. The molecule has 0 aliphatic carbocycles. The molecule has 24 heavy (non-hydrogen) atoms. The van der Waals surface area contributed by atoms with Crippen LogP contribution in [0.2, 0.25) is 0 Å². The van der Waals surface area contributed by atoms with Crippen LogP contribution in [-0.2, 0) is 6.42 Å². The molecule has 2 N–H and O–H groups in total. The molecule has 0 fully saturated rings. The van der Waals surface area contributed by atoms with Crippen LogP contribution < -0.4 is 16.2 Å². The number of nitrogens with zero attached hydrogens (tertiary/aromatic N) is 4. The maximum Gasteiger partial charge on any atom is 0.130 e. The summed E-state index contributed by atoms with van der Waals surface area (Å²) in [5.74, 6) is 0.992. The number of hydrogen-bond acceptors (Lipinski definition) is 4. The van der Waals surface area contributed by atoms with E-state index in [1.807, 2.05) is 24.5 Å². The molecule has 0 radical (unpaired) electrons. The van der Waals surface area contributed by atoms with E-state index < -0.39 is 0 Å². The minimum Gasteiger partial charge on any atom is -0.383 e. The van der Waals surface area contributed by atoms with Gasteiger partial charge in [0.15, 0.2) is 0 Å². The molecule has 0 amide bonds.